The van der Waals surface area contributed by atoms with Crippen LogP contribution in [0, 0.1) is 4.77 Å². The number of nitrogens with zero attached hydrogens (tertiary/aromatic N) is 4. The van der Waals surface area contributed by atoms with Gasteiger partial charge in [0.05, 0.1) is 5.69 Å². The number of rotatable bonds is 4. The van der Waals surface area contributed by atoms with Gasteiger partial charge in [0.2, 0.25) is 0 Å². The van der Waals surface area contributed by atoms with Gasteiger partial charge in [-0.25, -0.2) is 0 Å². The quantitative estimate of drug-likeness (QED) is 0.493. The van der Waals surface area contributed by atoms with E-state index >= 15 is 0 Å². The van der Waals surface area contributed by atoms with Crippen LogP contribution < -0.4 is 0 Å². The number of hydrogen-bond donors (Lipinski definition) is 1. The van der Waals surface area contributed by atoms with E-state index in [1.165, 1.54) is 17.1 Å². The lowest BCUT2D eigenvalue weighted by Gasteiger charge is -2.09. The van der Waals surface area contributed by atoms with Gasteiger partial charge in [0.1, 0.15) is 10.6 Å². The third-order valence-electron chi connectivity index (χ3n) is 4.23. The molecule has 0 aliphatic rings. The van der Waals surface area contributed by atoms with Gasteiger partial charge in [0.15, 0.2) is 10.6 Å². The van der Waals surface area contributed by atoms with Gasteiger partial charge < -0.3 is 0 Å². The predicted molar refractivity (Wildman–Crippen MR) is 107 cm³/mol. The number of aromatic amines is 1. The monoisotopic (exact) mass is 379 g/mol. The van der Waals surface area contributed by atoms with Gasteiger partial charge in [-0.1, -0.05) is 60.8 Å². The van der Waals surface area contributed by atoms with Crippen molar-refractivity contribution in [3.05, 3.63) is 64.9 Å². The van der Waals surface area contributed by atoms with Gasteiger partial charge in [-0.3, -0.25) is 9.67 Å². The molecule has 2 aromatic heterocycles. The van der Waals surface area contributed by atoms with Crippen LogP contribution in [0.15, 0.2) is 54.6 Å². The molecule has 0 saturated heterocycles. The number of nitrogens with one attached hydrogen (secondary N) is 1. The Kier molecular flexibility index (Phi) is 4.48. The number of aromatic nitrogens is 5. The van der Waals surface area contributed by atoms with Crippen molar-refractivity contribution in [3.8, 4) is 27.6 Å². The smallest absolute Gasteiger partial charge is 0.200 e. The first-order chi connectivity index (χ1) is 12.6. The van der Waals surface area contributed by atoms with E-state index in [1.807, 2.05) is 34.9 Å². The van der Waals surface area contributed by atoms with Crippen LogP contribution in [-0.2, 0) is 0 Å². The molecule has 0 fully saturated rings. The second kappa shape index (κ2) is 6.93. The summed E-state index contributed by atoms with van der Waals surface area (Å²) < 4.78 is 6.62. The molecule has 4 aromatic rings. The topological polar surface area (TPSA) is 59.4 Å². The second-order valence-corrected chi connectivity index (χ2v) is 7.39. The molecule has 0 saturated carbocycles. The third kappa shape index (κ3) is 3.00. The Morgan fingerprint density at radius 1 is 1.04 bits per heavy atom. The predicted octanol–water partition coefficient (Wildman–Crippen LogP) is 5.24. The Balaban J connectivity index is 1.84. The SMILES string of the molecule is CC(C)c1ccc(-n2c(-c3snnc3-c3ccccc3)n[nH]c2=S)cc1. The molecule has 0 amide bonds. The van der Waals surface area contributed by atoms with Crippen LogP contribution >= 0.6 is 23.8 Å². The van der Waals surface area contributed by atoms with Crippen LogP contribution in [0.25, 0.3) is 27.6 Å². The molecule has 2 heterocycles. The van der Waals surface area contributed by atoms with Crippen molar-refractivity contribution >= 4 is 23.8 Å². The minimum absolute atomic E-state index is 0.483. The van der Waals surface area contributed by atoms with E-state index in [9.17, 15) is 0 Å². The van der Waals surface area contributed by atoms with Gasteiger partial charge in [-0.15, -0.1) is 5.10 Å². The maximum Gasteiger partial charge on any atom is 0.200 e. The summed E-state index contributed by atoms with van der Waals surface area (Å²) in [7, 11) is 0. The van der Waals surface area contributed by atoms with E-state index < -0.39 is 0 Å². The molecule has 0 bridgehead atoms. The van der Waals surface area contributed by atoms with E-state index in [0.29, 0.717) is 10.7 Å². The van der Waals surface area contributed by atoms with Crippen molar-refractivity contribution < 1.29 is 0 Å². The summed E-state index contributed by atoms with van der Waals surface area (Å²) in [5.41, 5.74) is 4.07. The molecule has 4 rings (SSSR count). The van der Waals surface area contributed by atoms with Crippen LogP contribution in [0.1, 0.15) is 25.3 Å². The maximum absolute atomic E-state index is 5.48. The van der Waals surface area contributed by atoms with E-state index in [2.05, 4.69) is 57.9 Å². The third-order valence-corrected chi connectivity index (χ3v) is 5.22. The van der Waals surface area contributed by atoms with Crippen molar-refractivity contribution in [1.82, 2.24) is 24.4 Å². The largest absolute Gasteiger partial charge is 0.267 e. The highest BCUT2D eigenvalue weighted by Crippen LogP contribution is 2.33. The van der Waals surface area contributed by atoms with E-state index in [4.69, 9.17) is 12.2 Å². The minimum atomic E-state index is 0.483. The summed E-state index contributed by atoms with van der Waals surface area (Å²) in [5, 5.41) is 11.7. The fraction of sp³-hybridized carbons (Fsp3) is 0.158. The van der Waals surface area contributed by atoms with E-state index in [1.54, 1.807) is 0 Å². The normalized spacial score (nSPS) is 11.2. The van der Waals surface area contributed by atoms with Crippen LogP contribution in [-0.4, -0.2) is 24.4 Å². The first-order valence-electron chi connectivity index (χ1n) is 8.31. The Hall–Kier alpha value is -2.64. The Labute approximate surface area is 160 Å². The first kappa shape index (κ1) is 16.8. The standard InChI is InChI=1S/C19H17N5S2/c1-12(2)13-8-10-15(11-9-13)24-18(21-22-19(24)25)17-16(20-23-26-17)14-6-4-3-5-7-14/h3-12H,1-2H3,(H,22,25). The van der Waals surface area contributed by atoms with Crippen molar-refractivity contribution in [1.29, 1.82) is 0 Å². The van der Waals surface area contributed by atoms with Crippen LogP contribution in [0.3, 0.4) is 0 Å². The lowest BCUT2D eigenvalue weighted by atomic mass is 10.0. The van der Waals surface area contributed by atoms with E-state index in [-0.39, 0.29) is 0 Å². The van der Waals surface area contributed by atoms with Crippen molar-refractivity contribution in [3.63, 3.8) is 0 Å². The summed E-state index contributed by atoms with van der Waals surface area (Å²) in [5.74, 6) is 1.21. The maximum atomic E-state index is 5.48. The Morgan fingerprint density at radius 3 is 2.46 bits per heavy atom. The molecule has 0 radical (unpaired) electrons. The summed E-state index contributed by atoms with van der Waals surface area (Å²) in [6.07, 6.45) is 0. The minimum Gasteiger partial charge on any atom is -0.267 e. The summed E-state index contributed by atoms with van der Waals surface area (Å²) in [6.45, 7) is 4.36. The molecule has 5 nitrogen and oxygen atoms in total. The zero-order valence-electron chi connectivity index (χ0n) is 14.4. The number of benzene rings is 2. The lowest BCUT2D eigenvalue weighted by Crippen LogP contribution is -1.98. The van der Waals surface area contributed by atoms with Crippen LogP contribution in [0.2, 0.25) is 0 Å². The average molecular weight is 380 g/mol. The first-order valence-corrected chi connectivity index (χ1v) is 9.49. The van der Waals surface area contributed by atoms with Crippen LogP contribution in [0.5, 0.6) is 0 Å². The van der Waals surface area contributed by atoms with Crippen molar-refractivity contribution in [2.75, 3.05) is 0 Å². The molecule has 0 aliphatic carbocycles. The zero-order chi connectivity index (χ0) is 18.1. The number of H-pyrrole nitrogens is 1. The fourth-order valence-corrected chi connectivity index (χ4v) is 3.72. The molecule has 0 atom stereocenters. The highest BCUT2D eigenvalue weighted by Gasteiger charge is 2.19. The molecule has 130 valence electrons. The van der Waals surface area contributed by atoms with Gasteiger partial charge in [0, 0.05) is 5.56 Å². The zero-order valence-corrected chi connectivity index (χ0v) is 16.0. The van der Waals surface area contributed by atoms with Gasteiger partial charge >= 0.3 is 0 Å². The molecule has 0 unspecified atom stereocenters. The lowest BCUT2D eigenvalue weighted by molar-refractivity contribution is 0.865. The summed E-state index contributed by atoms with van der Waals surface area (Å²) in [4.78, 5) is 0.886. The molecular weight excluding hydrogens is 362 g/mol. The molecule has 0 spiro atoms. The highest BCUT2D eigenvalue weighted by molar-refractivity contribution is 7.71. The van der Waals surface area contributed by atoms with Crippen LogP contribution in [0.4, 0.5) is 0 Å². The molecule has 2 aromatic carbocycles. The van der Waals surface area contributed by atoms with Crippen molar-refractivity contribution in [2.24, 2.45) is 0 Å². The average Bonchev–Trinajstić information content (AvgIpc) is 3.29. The molecule has 1 N–H and O–H groups in total. The molecule has 26 heavy (non-hydrogen) atoms. The van der Waals surface area contributed by atoms with Gasteiger partial charge in [-0.2, -0.15) is 5.10 Å². The Morgan fingerprint density at radius 2 is 1.77 bits per heavy atom. The van der Waals surface area contributed by atoms with Gasteiger partial charge in [0.25, 0.3) is 0 Å². The van der Waals surface area contributed by atoms with E-state index in [0.717, 1.165) is 27.6 Å². The molecular formula is C19H17N5S2. The fourth-order valence-electron chi connectivity index (χ4n) is 2.82. The highest BCUT2D eigenvalue weighted by atomic mass is 32.1. The molecule has 7 heteroatoms. The number of hydrogen-bond acceptors (Lipinski definition) is 5. The summed E-state index contributed by atoms with van der Waals surface area (Å²) >= 11 is 6.80. The van der Waals surface area contributed by atoms with Gasteiger partial charge in [-0.05, 0) is 47.4 Å². The second-order valence-electron chi connectivity index (χ2n) is 6.25. The van der Waals surface area contributed by atoms with Crippen molar-refractivity contribution in [2.45, 2.75) is 19.8 Å². The Bertz CT molecular complexity index is 1080. The summed E-state index contributed by atoms with van der Waals surface area (Å²) in [6, 6.07) is 18.4. The molecule has 0 aliphatic heterocycles.